The highest BCUT2D eigenvalue weighted by Gasteiger charge is 2.48. The third kappa shape index (κ3) is 3.48. The minimum atomic E-state index is -5.00. The normalized spacial score (nSPS) is 16.9. The van der Waals surface area contributed by atoms with Gasteiger partial charge in [-0.05, 0) is 48.1 Å². The Bertz CT molecular complexity index is 1110. The Hall–Kier alpha value is -3.30. The largest absolute Gasteiger partial charge is 0.504 e. The number of rotatable bonds is 4. The average Bonchev–Trinajstić information content (AvgIpc) is 2.97. The fraction of sp³-hybridized carbons (Fsp3) is 0.435. The van der Waals surface area contributed by atoms with Gasteiger partial charge < -0.3 is 29.0 Å². The summed E-state index contributed by atoms with van der Waals surface area (Å²) in [5.41, 5.74) is 2.61. The van der Waals surface area contributed by atoms with Crippen LogP contribution in [0.5, 0.6) is 28.7 Å². The van der Waals surface area contributed by atoms with Gasteiger partial charge in [-0.15, -0.1) is 0 Å². The lowest BCUT2D eigenvalue weighted by atomic mass is 9.85. The second-order valence-corrected chi connectivity index (χ2v) is 7.86. The molecule has 1 aliphatic carbocycles. The summed E-state index contributed by atoms with van der Waals surface area (Å²) in [6.07, 6.45) is -4.29. The molecule has 10 heteroatoms. The van der Waals surface area contributed by atoms with Crippen LogP contribution in [-0.4, -0.2) is 57.1 Å². The van der Waals surface area contributed by atoms with Crippen LogP contribution >= 0.6 is 0 Å². The van der Waals surface area contributed by atoms with E-state index in [-0.39, 0.29) is 47.9 Å². The number of amides is 1. The van der Waals surface area contributed by atoms with Crippen molar-refractivity contribution in [3.8, 4) is 39.9 Å². The molecule has 0 saturated heterocycles. The van der Waals surface area contributed by atoms with Crippen LogP contribution < -0.4 is 18.9 Å². The summed E-state index contributed by atoms with van der Waals surface area (Å²) in [6, 6.07) is 2.45. The number of phenolic OH excluding ortho intramolecular Hbond substituents is 1. The summed E-state index contributed by atoms with van der Waals surface area (Å²) in [7, 11) is 5.74. The van der Waals surface area contributed by atoms with Crippen molar-refractivity contribution in [1.82, 2.24) is 4.90 Å². The van der Waals surface area contributed by atoms with Crippen molar-refractivity contribution >= 4 is 5.91 Å². The van der Waals surface area contributed by atoms with E-state index in [1.165, 1.54) is 28.4 Å². The molecule has 1 heterocycles. The van der Waals surface area contributed by atoms with E-state index in [2.05, 4.69) is 0 Å². The van der Waals surface area contributed by atoms with Crippen LogP contribution in [0.25, 0.3) is 11.1 Å². The van der Waals surface area contributed by atoms with Gasteiger partial charge in [0.2, 0.25) is 5.75 Å². The Morgan fingerprint density at radius 1 is 0.939 bits per heavy atom. The van der Waals surface area contributed by atoms with Gasteiger partial charge in [-0.2, -0.15) is 13.2 Å². The molecular weight excluding hydrogens is 443 g/mol. The number of carbonyl (C=O) groups excluding carboxylic acids is 1. The smallest absolute Gasteiger partial charge is 0.471 e. The van der Waals surface area contributed by atoms with E-state index >= 15 is 0 Å². The summed E-state index contributed by atoms with van der Waals surface area (Å²) in [5, 5.41) is 11.2. The van der Waals surface area contributed by atoms with Gasteiger partial charge in [0.1, 0.15) is 0 Å². The number of carbonyl (C=O) groups is 1. The first kappa shape index (κ1) is 22.9. The first-order valence-electron chi connectivity index (χ1n) is 10.3. The Kier molecular flexibility index (Phi) is 5.71. The molecule has 2 aromatic carbocycles. The van der Waals surface area contributed by atoms with Crippen molar-refractivity contribution in [1.29, 1.82) is 0 Å². The average molecular weight is 467 g/mol. The zero-order valence-corrected chi connectivity index (χ0v) is 18.6. The molecule has 0 bridgehead atoms. The standard InChI is InChI=1S/C23H24F3NO6/c1-30-14-9-12-7-8-27(22(29)23(24,25)26)13-6-5-11-10-15(31-2)20(32-3)21(33-4)17(11)18(16(12)13)19(14)28/h9-10,13,28H,5-8H2,1-4H3/t13-/m0/s1. The monoisotopic (exact) mass is 467 g/mol. The van der Waals surface area contributed by atoms with E-state index in [1.54, 1.807) is 12.1 Å². The Morgan fingerprint density at radius 3 is 2.15 bits per heavy atom. The molecule has 7 nitrogen and oxygen atoms in total. The highest BCUT2D eigenvalue weighted by Crippen LogP contribution is 2.57. The van der Waals surface area contributed by atoms with Crippen molar-refractivity contribution in [2.45, 2.75) is 31.5 Å². The Morgan fingerprint density at radius 2 is 1.58 bits per heavy atom. The molecular formula is C23H24F3NO6. The second kappa shape index (κ2) is 8.24. The van der Waals surface area contributed by atoms with Gasteiger partial charge in [0.05, 0.1) is 34.5 Å². The predicted molar refractivity (Wildman–Crippen MR) is 112 cm³/mol. The highest BCUT2D eigenvalue weighted by molar-refractivity contribution is 5.90. The third-order valence-electron chi connectivity index (χ3n) is 6.29. The van der Waals surface area contributed by atoms with Gasteiger partial charge in [0.25, 0.3) is 0 Å². The molecule has 0 unspecified atom stereocenters. The van der Waals surface area contributed by atoms with E-state index in [0.29, 0.717) is 34.4 Å². The third-order valence-corrected chi connectivity index (χ3v) is 6.29. The number of benzene rings is 2. The molecule has 2 aliphatic rings. The van der Waals surface area contributed by atoms with Crippen LogP contribution in [0.1, 0.15) is 29.2 Å². The molecule has 0 fully saturated rings. The summed E-state index contributed by atoms with van der Waals surface area (Å²) in [6.45, 7) is -0.0937. The van der Waals surface area contributed by atoms with Crippen LogP contribution in [0.4, 0.5) is 13.2 Å². The van der Waals surface area contributed by atoms with Crippen molar-refractivity contribution in [3.63, 3.8) is 0 Å². The SMILES string of the molecule is COc1cc2c3c(c1O)-c1c(cc(OC)c(OC)c1OC)CC[C@@H]3N(C(=O)C(F)(F)F)CC2. The molecule has 2 aromatic rings. The number of hydrogen-bond donors (Lipinski definition) is 1. The van der Waals surface area contributed by atoms with Gasteiger partial charge in [-0.3, -0.25) is 4.79 Å². The van der Waals surface area contributed by atoms with Crippen LogP contribution in [0.2, 0.25) is 0 Å². The van der Waals surface area contributed by atoms with Gasteiger partial charge in [0.15, 0.2) is 23.0 Å². The summed E-state index contributed by atoms with van der Waals surface area (Å²) in [5.74, 6) is -1.01. The molecule has 1 aliphatic heterocycles. The number of phenols is 1. The topological polar surface area (TPSA) is 77.5 Å². The Balaban J connectivity index is 2.07. The fourth-order valence-corrected chi connectivity index (χ4v) is 4.94. The molecule has 0 spiro atoms. The van der Waals surface area contributed by atoms with Gasteiger partial charge in [-0.25, -0.2) is 0 Å². The highest BCUT2D eigenvalue weighted by atomic mass is 19.4. The quantitative estimate of drug-likeness (QED) is 0.732. The molecule has 33 heavy (non-hydrogen) atoms. The number of nitrogens with zero attached hydrogens (tertiary/aromatic N) is 1. The maximum Gasteiger partial charge on any atom is 0.471 e. The molecule has 1 amide bonds. The molecule has 0 radical (unpaired) electrons. The first-order valence-corrected chi connectivity index (χ1v) is 10.3. The minimum Gasteiger partial charge on any atom is -0.504 e. The van der Waals surface area contributed by atoms with Crippen molar-refractivity contribution in [2.24, 2.45) is 0 Å². The van der Waals surface area contributed by atoms with E-state index in [9.17, 15) is 23.1 Å². The number of alkyl halides is 3. The molecule has 0 aromatic heterocycles. The molecule has 0 saturated carbocycles. The number of hydrogen-bond acceptors (Lipinski definition) is 6. The van der Waals surface area contributed by atoms with Crippen molar-refractivity contribution in [3.05, 3.63) is 28.8 Å². The Labute approximate surface area is 188 Å². The van der Waals surface area contributed by atoms with Gasteiger partial charge in [0, 0.05) is 17.7 Å². The molecule has 1 N–H and O–H groups in total. The van der Waals surface area contributed by atoms with Crippen LogP contribution in [0.15, 0.2) is 12.1 Å². The number of aryl methyl sites for hydroxylation is 1. The van der Waals surface area contributed by atoms with Gasteiger partial charge in [-0.1, -0.05) is 0 Å². The number of ether oxygens (including phenoxy) is 4. The zero-order chi connectivity index (χ0) is 24.1. The minimum absolute atomic E-state index is 0.0937. The van der Waals surface area contributed by atoms with Crippen molar-refractivity contribution < 1.29 is 42.0 Å². The lowest BCUT2D eigenvalue weighted by Crippen LogP contribution is -2.46. The first-order chi connectivity index (χ1) is 15.7. The van der Waals surface area contributed by atoms with E-state index < -0.39 is 18.1 Å². The fourth-order valence-electron chi connectivity index (χ4n) is 4.94. The predicted octanol–water partition coefficient (Wildman–Crippen LogP) is 4.03. The summed E-state index contributed by atoms with van der Waals surface area (Å²) < 4.78 is 62.2. The summed E-state index contributed by atoms with van der Waals surface area (Å²) in [4.78, 5) is 13.2. The second-order valence-electron chi connectivity index (χ2n) is 7.86. The van der Waals surface area contributed by atoms with Crippen LogP contribution in [0.3, 0.4) is 0 Å². The van der Waals surface area contributed by atoms with E-state index in [1.807, 2.05) is 0 Å². The maximum atomic E-state index is 13.4. The number of methoxy groups -OCH3 is 4. The van der Waals surface area contributed by atoms with Crippen molar-refractivity contribution in [2.75, 3.05) is 35.0 Å². The summed E-state index contributed by atoms with van der Waals surface area (Å²) >= 11 is 0. The number of aromatic hydroxyl groups is 1. The molecule has 1 atom stereocenters. The lowest BCUT2D eigenvalue weighted by molar-refractivity contribution is -0.188. The zero-order valence-electron chi connectivity index (χ0n) is 18.6. The number of halogens is 3. The van der Waals surface area contributed by atoms with Crippen LogP contribution in [0, 0.1) is 0 Å². The molecule has 178 valence electrons. The van der Waals surface area contributed by atoms with E-state index in [0.717, 1.165) is 4.90 Å². The maximum absolute atomic E-state index is 13.4. The van der Waals surface area contributed by atoms with Crippen LogP contribution in [-0.2, 0) is 17.6 Å². The lowest BCUT2D eigenvalue weighted by Gasteiger charge is -2.38. The number of fused-ring (bicyclic) bond motifs is 2. The van der Waals surface area contributed by atoms with Gasteiger partial charge >= 0.3 is 12.1 Å². The van der Waals surface area contributed by atoms with E-state index in [4.69, 9.17) is 18.9 Å². The molecule has 4 rings (SSSR count).